The third-order valence-corrected chi connectivity index (χ3v) is 6.22. The van der Waals surface area contributed by atoms with Crippen molar-refractivity contribution in [1.29, 1.82) is 0 Å². The monoisotopic (exact) mass is 411 g/mol. The summed E-state index contributed by atoms with van der Waals surface area (Å²) in [4.78, 5) is 11.9. The zero-order valence-electron chi connectivity index (χ0n) is 13.1. The highest BCUT2D eigenvalue weighted by Gasteiger charge is 2.54. The van der Waals surface area contributed by atoms with E-state index in [1.54, 1.807) is 19.1 Å². The third kappa shape index (κ3) is 4.20. The Hall–Kier alpha value is -0.330. The molecule has 130 valence electrons. The zero-order valence-corrected chi connectivity index (χ0v) is 15.6. The molecule has 8 heteroatoms. The lowest BCUT2D eigenvalue weighted by Crippen LogP contribution is -2.36. The molecule has 0 radical (unpaired) electrons. The van der Waals surface area contributed by atoms with Crippen molar-refractivity contribution in [2.75, 3.05) is 13.1 Å². The van der Waals surface area contributed by atoms with Crippen molar-refractivity contribution in [2.24, 2.45) is 0 Å². The SMILES string of the molecule is CCC(C)OP(=O)(O)C(F)(F)c1ccc(CN2CCC2)cc1Br. The first-order valence-electron chi connectivity index (χ1n) is 7.57. The quantitative estimate of drug-likeness (QED) is 0.660. The van der Waals surface area contributed by atoms with Crippen LogP contribution in [-0.2, 0) is 21.3 Å². The third-order valence-electron chi connectivity index (χ3n) is 3.97. The number of nitrogens with zero attached hydrogens (tertiary/aromatic N) is 1. The molecule has 2 unspecified atom stereocenters. The van der Waals surface area contributed by atoms with Crippen molar-refractivity contribution in [1.82, 2.24) is 4.90 Å². The van der Waals surface area contributed by atoms with E-state index < -0.39 is 24.9 Å². The second-order valence-electron chi connectivity index (χ2n) is 5.83. The zero-order chi connectivity index (χ0) is 17.3. The first-order valence-corrected chi connectivity index (χ1v) is 9.94. The van der Waals surface area contributed by atoms with Gasteiger partial charge in [0.15, 0.2) is 0 Å². The highest BCUT2D eigenvalue weighted by molar-refractivity contribution is 9.10. The Kier molecular flexibility index (Phi) is 6.01. The van der Waals surface area contributed by atoms with E-state index in [0.29, 0.717) is 13.0 Å². The van der Waals surface area contributed by atoms with Gasteiger partial charge in [-0.1, -0.05) is 35.0 Å². The Morgan fingerprint density at radius 2 is 2.13 bits per heavy atom. The first kappa shape index (κ1) is 19.0. The molecule has 1 aromatic carbocycles. The molecule has 1 aliphatic heterocycles. The fourth-order valence-electron chi connectivity index (χ4n) is 2.24. The summed E-state index contributed by atoms with van der Waals surface area (Å²) in [5, 5.41) is 0. The van der Waals surface area contributed by atoms with E-state index in [1.165, 1.54) is 13.0 Å². The largest absolute Gasteiger partial charge is 0.402 e. The topological polar surface area (TPSA) is 49.8 Å². The van der Waals surface area contributed by atoms with Crippen LogP contribution in [0.3, 0.4) is 0 Å². The highest BCUT2D eigenvalue weighted by Crippen LogP contribution is 2.64. The molecule has 1 heterocycles. The normalized spacial score (nSPS) is 19.9. The molecular formula is C15H21BrF2NO3P. The van der Waals surface area contributed by atoms with Gasteiger partial charge in [-0.05, 0) is 44.5 Å². The van der Waals surface area contributed by atoms with Gasteiger partial charge in [-0.3, -0.25) is 9.46 Å². The van der Waals surface area contributed by atoms with Crippen LogP contribution in [0.25, 0.3) is 0 Å². The van der Waals surface area contributed by atoms with Crippen LogP contribution >= 0.6 is 23.5 Å². The second kappa shape index (κ2) is 7.28. The van der Waals surface area contributed by atoms with Gasteiger partial charge in [0.1, 0.15) is 0 Å². The molecule has 1 fully saturated rings. The summed E-state index contributed by atoms with van der Waals surface area (Å²) in [6.07, 6.45) is 0.801. The van der Waals surface area contributed by atoms with Gasteiger partial charge >= 0.3 is 13.3 Å². The van der Waals surface area contributed by atoms with Gasteiger partial charge < -0.3 is 9.42 Å². The molecular weight excluding hydrogens is 391 g/mol. The lowest BCUT2D eigenvalue weighted by atomic mass is 10.1. The first-order chi connectivity index (χ1) is 10.7. The second-order valence-corrected chi connectivity index (χ2v) is 8.50. The Labute approximate surface area is 143 Å². The fraction of sp³-hybridized carbons (Fsp3) is 0.600. The van der Waals surface area contributed by atoms with Crippen molar-refractivity contribution in [3.05, 3.63) is 33.8 Å². The average molecular weight is 412 g/mol. The van der Waals surface area contributed by atoms with Crippen LogP contribution in [0.5, 0.6) is 0 Å². The van der Waals surface area contributed by atoms with E-state index in [-0.39, 0.29) is 4.47 Å². The van der Waals surface area contributed by atoms with Gasteiger partial charge in [-0.15, -0.1) is 0 Å². The van der Waals surface area contributed by atoms with Crippen LogP contribution < -0.4 is 0 Å². The maximum Gasteiger partial charge on any atom is 0.402 e. The molecule has 0 bridgehead atoms. The van der Waals surface area contributed by atoms with Gasteiger partial charge in [0.2, 0.25) is 0 Å². The molecule has 0 amide bonds. The Balaban J connectivity index is 2.22. The van der Waals surface area contributed by atoms with E-state index >= 15 is 0 Å². The molecule has 4 nitrogen and oxygen atoms in total. The van der Waals surface area contributed by atoms with Crippen LogP contribution in [0.4, 0.5) is 8.78 Å². The molecule has 0 saturated carbocycles. The summed E-state index contributed by atoms with van der Waals surface area (Å²) in [6.45, 7) is 5.88. The van der Waals surface area contributed by atoms with Crippen LogP contribution in [-0.4, -0.2) is 29.0 Å². The summed E-state index contributed by atoms with van der Waals surface area (Å²) in [7, 11) is -5.13. The Bertz CT molecular complexity index is 610. The highest BCUT2D eigenvalue weighted by atomic mass is 79.9. The summed E-state index contributed by atoms with van der Waals surface area (Å²) in [5.74, 6) is 0. The minimum Gasteiger partial charge on any atom is -0.320 e. The van der Waals surface area contributed by atoms with Crippen molar-refractivity contribution >= 4 is 23.5 Å². The summed E-state index contributed by atoms with van der Waals surface area (Å²) in [6, 6.07) is 4.34. The number of rotatable bonds is 7. The minimum atomic E-state index is -5.13. The van der Waals surface area contributed by atoms with Crippen LogP contribution in [0.1, 0.15) is 37.8 Å². The van der Waals surface area contributed by atoms with Crippen molar-refractivity contribution < 1.29 is 22.8 Å². The number of halogens is 3. The van der Waals surface area contributed by atoms with E-state index in [2.05, 4.69) is 20.8 Å². The van der Waals surface area contributed by atoms with Crippen molar-refractivity contribution in [3.8, 4) is 0 Å². The predicted octanol–water partition coefficient (Wildman–Crippen LogP) is 4.70. The maximum atomic E-state index is 14.5. The van der Waals surface area contributed by atoms with Gasteiger partial charge in [-0.2, -0.15) is 8.78 Å². The lowest BCUT2D eigenvalue weighted by Gasteiger charge is -2.31. The maximum absolute atomic E-state index is 14.5. The average Bonchev–Trinajstić information content (AvgIpc) is 2.42. The number of hydrogen-bond donors (Lipinski definition) is 1. The van der Waals surface area contributed by atoms with Crippen molar-refractivity contribution in [3.63, 3.8) is 0 Å². The minimum absolute atomic E-state index is 0.113. The van der Waals surface area contributed by atoms with Crippen molar-refractivity contribution in [2.45, 2.75) is 45.0 Å². The van der Waals surface area contributed by atoms with Crippen LogP contribution in [0.2, 0.25) is 0 Å². The molecule has 1 aromatic rings. The number of hydrogen-bond acceptors (Lipinski definition) is 3. The molecule has 0 aromatic heterocycles. The summed E-state index contributed by atoms with van der Waals surface area (Å²) in [5.41, 5.74) is -3.62. The van der Waals surface area contributed by atoms with E-state index in [1.807, 2.05) is 0 Å². The van der Waals surface area contributed by atoms with E-state index in [0.717, 1.165) is 25.1 Å². The lowest BCUT2D eigenvalue weighted by molar-refractivity contribution is 0.0341. The fourth-order valence-corrected chi connectivity index (χ4v) is 4.33. The summed E-state index contributed by atoms with van der Waals surface area (Å²) < 4.78 is 45.8. The smallest absolute Gasteiger partial charge is 0.320 e. The van der Waals surface area contributed by atoms with Gasteiger partial charge in [0.25, 0.3) is 0 Å². The molecule has 2 atom stereocenters. The van der Waals surface area contributed by atoms with Crippen LogP contribution in [0, 0.1) is 0 Å². The van der Waals surface area contributed by atoms with E-state index in [9.17, 15) is 18.2 Å². The van der Waals surface area contributed by atoms with Gasteiger partial charge in [0.05, 0.1) is 6.10 Å². The van der Waals surface area contributed by atoms with Crippen LogP contribution in [0.15, 0.2) is 22.7 Å². The standard InChI is InChI=1S/C15H21BrF2NO3P/c1-3-11(2)22-23(20,21)15(17,18)13-6-5-12(9-14(13)16)10-19-7-4-8-19/h5-6,9,11H,3-4,7-8,10H2,1-2H3,(H,20,21). The molecule has 1 aliphatic rings. The predicted molar refractivity (Wildman–Crippen MR) is 88.6 cm³/mol. The Morgan fingerprint density at radius 3 is 2.61 bits per heavy atom. The molecule has 0 aliphatic carbocycles. The molecule has 0 spiro atoms. The molecule has 2 rings (SSSR count). The number of alkyl halides is 2. The van der Waals surface area contributed by atoms with Gasteiger partial charge in [0, 0.05) is 16.6 Å². The number of likely N-dealkylation sites (tertiary alicyclic amines) is 1. The molecule has 23 heavy (non-hydrogen) atoms. The summed E-state index contributed by atoms with van der Waals surface area (Å²) >= 11 is 3.10. The molecule has 1 N–H and O–H groups in total. The van der Waals surface area contributed by atoms with E-state index in [4.69, 9.17) is 4.52 Å². The number of benzene rings is 1. The Morgan fingerprint density at radius 1 is 1.48 bits per heavy atom. The van der Waals surface area contributed by atoms with Gasteiger partial charge in [-0.25, -0.2) is 0 Å². The molecule has 1 saturated heterocycles.